The SMILES string of the molecule is O=S(=O)(c1ccc(Cl)cc1)C1NCCC1c1cccc(Cl)c1. The maximum absolute atomic E-state index is 12.9. The van der Waals surface area contributed by atoms with Crippen molar-refractivity contribution >= 4 is 33.0 Å². The Labute approximate surface area is 140 Å². The smallest absolute Gasteiger partial charge is 0.194 e. The quantitative estimate of drug-likeness (QED) is 0.908. The molecule has 2 unspecified atom stereocenters. The highest BCUT2D eigenvalue weighted by atomic mass is 35.5. The van der Waals surface area contributed by atoms with Gasteiger partial charge in [0.25, 0.3) is 0 Å². The highest BCUT2D eigenvalue weighted by molar-refractivity contribution is 7.92. The van der Waals surface area contributed by atoms with E-state index < -0.39 is 15.2 Å². The van der Waals surface area contributed by atoms with Crippen molar-refractivity contribution in [1.29, 1.82) is 0 Å². The third kappa shape index (κ3) is 3.01. The molecule has 0 bridgehead atoms. The molecule has 1 aliphatic rings. The fourth-order valence-corrected chi connectivity index (χ4v) is 5.05. The van der Waals surface area contributed by atoms with Gasteiger partial charge in [-0.15, -0.1) is 0 Å². The first-order chi connectivity index (χ1) is 10.5. The molecule has 1 heterocycles. The normalized spacial score (nSPS) is 21.9. The molecule has 3 rings (SSSR count). The Morgan fingerprint density at radius 2 is 1.73 bits per heavy atom. The molecule has 1 saturated heterocycles. The fourth-order valence-electron chi connectivity index (χ4n) is 2.85. The highest BCUT2D eigenvalue weighted by Crippen LogP contribution is 2.34. The van der Waals surface area contributed by atoms with E-state index in [9.17, 15) is 8.42 Å². The lowest BCUT2D eigenvalue weighted by molar-refractivity contribution is 0.559. The number of hydrogen-bond acceptors (Lipinski definition) is 3. The van der Waals surface area contributed by atoms with E-state index in [1.165, 1.54) is 0 Å². The van der Waals surface area contributed by atoms with Gasteiger partial charge >= 0.3 is 0 Å². The highest BCUT2D eigenvalue weighted by Gasteiger charge is 2.38. The van der Waals surface area contributed by atoms with Crippen LogP contribution in [0, 0.1) is 0 Å². The number of halogens is 2. The molecular weight excluding hydrogens is 341 g/mol. The molecular formula is C16H15Cl2NO2S. The summed E-state index contributed by atoms with van der Waals surface area (Å²) >= 11 is 11.9. The third-order valence-corrected chi connectivity index (χ3v) is 6.50. The average molecular weight is 356 g/mol. The number of sulfone groups is 1. The van der Waals surface area contributed by atoms with Crippen LogP contribution in [0.25, 0.3) is 0 Å². The number of nitrogens with one attached hydrogen (secondary N) is 1. The zero-order valence-electron chi connectivity index (χ0n) is 11.7. The lowest BCUT2D eigenvalue weighted by atomic mass is 9.98. The molecule has 6 heteroatoms. The van der Waals surface area contributed by atoms with Gasteiger partial charge in [-0.1, -0.05) is 35.3 Å². The van der Waals surface area contributed by atoms with Crippen LogP contribution in [-0.4, -0.2) is 20.3 Å². The monoisotopic (exact) mass is 355 g/mol. The van der Waals surface area contributed by atoms with E-state index >= 15 is 0 Å². The fraction of sp³-hybridized carbons (Fsp3) is 0.250. The van der Waals surface area contributed by atoms with Crippen molar-refractivity contribution < 1.29 is 8.42 Å². The maximum atomic E-state index is 12.9. The summed E-state index contributed by atoms with van der Waals surface area (Å²) in [5.41, 5.74) is 0.944. The Morgan fingerprint density at radius 1 is 1.00 bits per heavy atom. The lowest BCUT2D eigenvalue weighted by Gasteiger charge is -2.20. The van der Waals surface area contributed by atoms with Crippen LogP contribution in [0.15, 0.2) is 53.4 Å². The topological polar surface area (TPSA) is 46.2 Å². The Bertz CT molecular complexity index is 775. The predicted molar refractivity (Wildman–Crippen MR) is 89.2 cm³/mol. The Balaban J connectivity index is 1.97. The molecule has 1 N–H and O–H groups in total. The van der Waals surface area contributed by atoms with Crippen LogP contribution in [0.3, 0.4) is 0 Å². The van der Waals surface area contributed by atoms with E-state index in [4.69, 9.17) is 23.2 Å². The molecule has 0 amide bonds. The summed E-state index contributed by atoms with van der Waals surface area (Å²) in [6.07, 6.45) is 0.762. The van der Waals surface area contributed by atoms with Gasteiger partial charge in [-0.2, -0.15) is 0 Å². The first-order valence-corrected chi connectivity index (χ1v) is 9.27. The van der Waals surface area contributed by atoms with Gasteiger partial charge in [0.15, 0.2) is 9.84 Å². The van der Waals surface area contributed by atoms with Crippen LogP contribution in [0.4, 0.5) is 0 Å². The molecule has 0 aliphatic carbocycles. The second-order valence-electron chi connectivity index (χ2n) is 5.32. The zero-order chi connectivity index (χ0) is 15.7. The van der Waals surface area contributed by atoms with Gasteiger partial charge in [0.1, 0.15) is 5.37 Å². The summed E-state index contributed by atoms with van der Waals surface area (Å²) in [5, 5.41) is 3.60. The first-order valence-electron chi connectivity index (χ1n) is 6.97. The van der Waals surface area contributed by atoms with Crippen molar-refractivity contribution in [3.05, 3.63) is 64.1 Å². The molecule has 1 aliphatic heterocycles. The van der Waals surface area contributed by atoms with E-state index in [0.717, 1.165) is 12.0 Å². The van der Waals surface area contributed by atoms with Crippen LogP contribution in [0.2, 0.25) is 10.0 Å². The zero-order valence-corrected chi connectivity index (χ0v) is 14.0. The van der Waals surface area contributed by atoms with Gasteiger partial charge in [0.05, 0.1) is 4.90 Å². The Hall–Kier alpha value is -1.07. The second kappa shape index (κ2) is 6.20. The van der Waals surface area contributed by atoms with Crippen molar-refractivity contribution in [2.24, 2.45) is 0 Å². The lowest BCUT2D eigenvalue weighted by Crippen LogP contribution is -2.34. The van der Waals surface area contributed by atoms with Crippen LogP contribution >= 0.6 is 23.2 Å². The van der Waals surface area contributed by atoms with Crippen molar-refractivity contribution in [3.8, 4) is 0 Å². The minimum atomic E-state index is -3.48. The summed E-state index contributed by atoms with van der Waals surface area (Å²) < 4.78 is 25.8. The molecule has 116 valence electrons. The van der Waals surface area contributed by atoms with Crippen LogP contribution in [0.1, 0.15) is 17.9 Å². The van der Waals surface area contributed by atoms with E-state index in [2.05, 4.69) is 5.32 Å². The average Bonchev–Trinajstić information content (AvgIpc) is 2.98. The third-order valence-electron chi connectivity index (χ3n) is 3.92. The second-order valence-corrected chi connectivity index (χ2v) is 8.27. The first kappa shape index (κ1) is 15.8. The van der Waals surface area contributed by atoms with Crippen LogP contribution < -0.4 is 5.32 Å². The molecule has 2 aromatic carbocycles. The number of hydrogen-bond donors (Lipinski definition) is 1. The standard InChI is InChI=1S/C16H15Cl2NO2S/c17-12-4-6-14(7-5-12)22(20,21)16-15(8-9-19-16)11-2-1-3-13(18)10-11/h1-7,10,15-16,19H,8-9H2. The van der Waals surface area contributed by atoms with Crippen LogP contribution in [-0.2, 0) is 9.84 Å². The number of rotatable bonds is 3. The summed E-state index contributed by atoms with van der Waals surface area (Å²) in [5.74, 6) is -0.112. The summed E-state index contributed by atoms with van der Waals surface area (Å²) in [7, 11) is -3.48. The largest absolute Gasteiger partial charge is 0.300 e. The van der Waals surface area contributed by atoms with Gasteiger partial charge in [0, 0.05) is 16.0 Å². The predicted octanol–water partition coefficient (Wildman–Crippen LogP) is 3.87. The van der Waals surface area contributed by atoms with E-state index in [-0.39, 0.29) is 10.8 Å². The minimum absolute atomic E-state index is 0.112. The van der Waals surface area contributed by atoms with Crippen molar-refractivity contribution in [2.75, 3.05) is 6.54 Å². The summed E-state index contributed by atoms with van der Waals surface area (Å²) in [6.45, 7) is 0.661. The number of benzene rings is 2. The van der Waals surface area contributed by atoms with Gasteiger partial charge < -0.3 is 5.32 Å². The van der Waals surface area contributed by atoms with Crippen molar-refractivity contribution in [2.45, 2.75) is 22.6 Å². The Morgan fingerprint density at radius 3 is 2.41 bits per heavy atom. The summed E-state index contributed by atoms with van der Waals surface area (Å²) in [4.78, 5) is 0.281. The van der Waals surface area contributed by atoms with Crippen LogP contribution in [0.5, 0.6) is 0 Å². The van der Waals surface area contributed by atoms with Gasteiger partial charge in [0.2, 0.25) is 0 Å². The molecule has 2 aromatic rings. The van der Waals surface area contributed by atoms with E-state index in [1.807, 2.05) is 18.2 Å². The van der Waals surface area contributed by atoms with Gasteiger partial charge in [-0.25, -0.2) is 8.42 Å². The molecule has 0 radical (unpaired) electrons. The molecule has 0 spiro atoms. The summed E-state index contributed by atoms with van der Waals surface area (Å²) in [6, 6.07) is 13.7. The van der Waals surface area contributed by atoms with Crippen molar-refractivity contribution in [1.82, 2.24) is 5.32 Å². The molecule has 0 aromatic heterocycles. The maximum Gasteiger partial charge on any atom is 0.194 e. The van der Waals surface area contributed by atoms with Gasteiger partial charge in [-0.3, -0.25) is 0 Å². The Kier molecular flexibility index (Phi) is 4.46. The van der Waals surface area contributed by atoms with Gasteiger partial charge in [-0.05, 0) is 54.9 Å². The van der Waals surface area contributed by atoms with E-state index in [1.54, 1.807) is 30.3 Å². The molecule has 3 nitrogen and oxygen atoms in total. The van der Waals surface area contributed by atoms with Crippen molar-refractivity contribution in [3.63, 3.8) is 0 Å². The molecule has 0 saturated carbocycles. The molecule has 1 fully saturated rings. The molecule has 22 heavy (non-hydrogen) atoms. The molecule has 2 atom stereocenters. The van der Waals surface area contributed by atoms with E-state index in [0.29, 0.717) is 16.6 Å². The minimum Gasteiger partial charge on any atom is -0.300 e.